The summed E-state index contributed by atoms with van der Waals surface area (Å²) in [7, 11) is 0. The summed E-state index contributed by atoms with van der Waals surface area (Å²) in [6.07, 6.45) is -0.964. The SMILES string of the molecule is O=C(NN=Cc1c(O)n(-c2cccc(C(F)(F)F)c2)c(=S)[nH]c1=O)c1ccncc1. The van der Waals surface area contributed by atoms with Crippen molar-refractivity contribution in [3.63, 3.8) is 0 Å². The zero-order chi connectivity index (χ0) is 21.9. The van der Waals surface area contributed by atoms with Gasteiger partial charge in [-0.3, -0.25) is 24.1 Å². The number of carbonyl (C=O) groups excluding carboxylic acids is 1. The first-order valence-electron chi connectivity index (χ1n) is 8.18. The van der Waals surface area contributed by atoms with Crippen LogP contribution in [0.2, 0.25) is 0 Å². The third-order valence-electron chi connectivity index (χ3n) is 3.85. The Morgan fingerprint density at radius 3 is 2.63 bits per heavy atom. The summed E-state index contributed by atoms with van der Waals surface area (Å²) in [6.45, 7) is 0. The highest BCUT2D eigenvalue weighted by atomic mass is 32.1. The molecule has 0 unspecified atom stereocenters. The summed E-state index contributed by atoms with van der Waals surface area (Å²) in [4.78, 5) is 30.1. The molecule has 3 aromatic rings. The van der Waals surface area contributed by atoms with Crippen molar-refractivity contribution in [3.8, 4) is 11.6 Å². The van der Waals surface area contributed by atoms with Crippen molar-refractivity contribution in [1.82, 2.24) is 20.0 Å². The fourth-order valence-corrected chi connectivity index (χ4v) is 2.72. The van der Waals surface area contributed by atoms with Crippen molar-refractivity contribution >= 4 is 24.3 Å². The Labute approximate surface area is 171 Å². The van der Waals surface area contributed by atoms with Crippen LogP contribution in [0.4, 0.5) is 13.2 Å². The third kappa shape index (κ3) is 4.43. The maximum Gasteiger partial charge on any atom is 0.416 e. The molecule has 0 atom stereocenters. The summed E-state index contributed by atoms with van der Waals surface area (Å²) >= 11 is 4.97. The van der Waals surface area contributed by atoms with Gasteiger partial charge in [0.25, 0.3) is 11.5 Å². The van der Waals surface area contributed by atoms with Gasteiger partial charge >= 0.3 is 6.18 Å². The van der Waals surface area contributed by atoms with Gasteiger partial charge < -0.3 is 5.11 Å². The number of halogens is 3. The molecule has 3 N–H and O–H groups in total. The second-order valence-electron chi connectivity index (χ2n) is 5.82. The topological polar surface area (TPSA) is 112 Å². The van der Waals surface area contributed by atoms with Gasteiger partial charge in [0, 0.05) is 18.0 Å². The first-order chi connectivity index (χ1) is 14.2. The summed E-state index contributed by atoms with van der Waals surface area (Å²) in [6, 6.07) is 6.89. The molecule has 3 rings (SSSR count). The molecular weight excluding hydrogens is 423 g/mol. The Morgan fingerprint density at radius 1 is 1.27 bits per heavy atom. The highest BCUT2D eigenvalue weighted by Crippen LogP contribution is 2.31. The Balaban J connectivity index is 1.97. The maximum absolute atomic E-state index is 13.0. The number of rotatable bonds is 4. The zero-order valence-corrected chi connectivity index (χ0v) is 15.7. The van der Waals surface area contributed by atoms with Gasteiger partial charge in [-0.1, -0.05) is 6.07 Å². The number of nitrogens with zero attached hydrogens (tertiary/aromatic N) is 3. The van der Waals surface area contributed by atoms with Crippen molar-refractivity contribution in [2.75, 3.05) is 0 Å². The van der Waals surface area contributed by atoms with Gasteiger partial charge in [0.15, 0.2) is 4.77 Å². The van der Waals surface area contributed by atoms with Gasteiger partial charge in [0.05, 0.1) is 17.5 Å². The molecule has 1 amide bonds. The quantitative estimate of drug-likeness (QED) is 0.331. The van der Waals surface area contributed by atoms with Gasteiger partial charge in [-0.25, -0.2) is 5.43 Å². The van der Waals surface area contributed by atoms with Gasteiger partial charge in [-0.2, -0.15) is 18.3 Å². The van der Waals surface area contributed by atoms with Crippen LogP contribution in [-0.4, -0.2) is 31.8 Å². The van der Waals surface area contributed by atoms with Crippen molar-refractivity contribution in [1.29, 1.82) is 0 Å². The number of amides is 1. The minimum Gasteiger partial charge on any atom is -0.494 e. The number of hydrogen-bond acceptors (Lipinski definition) is 6. The van der Waals surface area contributed by atoms with E-state index >= 15 is 0 Å². The third-order valence-corrected chi connectivity index (χ3v) is 4.14. The Kier molecular flexibility index (Phi) is 5.78. The smallest absolute Gasteiger partial charge is 0.416 e. The summed E-state index contributed by atoms with van der Waals surface area (Å²) in [5, 5.41) is 14.1. The van der Waals surface area contributed by atoms with E-state index in [4.69, 9.17) is 12.2 Å². The van der Waals surface area contributed by atoms with E-state index in [1.54, 1.807) is 0 Å². The van der Waals surface area contributed by atoms with E-state index in [0.29, 0.717) is 0 Å². The van der Waals surface area contributed by atoms with Gasteiger partial charge in [0.1, 0.15) is 5.56 Å². The summed E-state index contributed by atoms with van der Waals surface area (Å²) < 4.78 is 39.5. The minimum atomic E-state index is -4.61. The van der Waals surface area contributed by atoms with E-state index in [-0.39, 0.29) is 16.0 Å². The van der Waals surface area contributed by atoms with Crippen LogP contribution >= 0.6 is 12.2 Å². The molecule has 0 aliphatic carbocycles. The molecule has 2 aromatic heterocycles. The number of hydrazone groups is 1. The second-order valence-corrected chi connectivity index (χ2v) is 6.20. The lowest BCUT2D eigenvalue weighted by Crippen LogP contribution is -2.21. The molecule has 0 fully saturated rings. The molecule has 2 heterocycles. The second kappa shape index (κ2) is 8.29. The molecule has 0 spiro atoms. The van der Waals surface area contributed by atoms with Crippen LogP contribution < -0.4 is 11.0 Å². The predicted molar refractivity (Wildman–Crippen MR) is 103 cm³/mol. The number of pyridine rings is 1. The number of hydrogen-bond donors (Lipinski definition) is 3. The molecule has 30 heavy (non-hydrogen) atoms. The fourth-order valence-electron chi connectivity index (χ4n) is 2.44. The Hall–Kier alpha value is -3.80. The number of aromatic nitrogens is 3. The van der Waals surface area contributed by atoms with Gasteiger partial charge in [-0.05, 0) is 42.5 Å². The predicted octanol–water partition coefficient (Wildman–Crippen LogP) is 2.78. The van der Waals surface area contributed by atoms with Crippen LogP contribution in [0.25, 0.3) is 5.69 Å². The van der Waals surface area contributed by atoms with Crippen LogP contribution in [0.15, 0.2) is 58.7 Å². The van der Waals surface area contributed by atoms with Crippen LogP contribution in [0.3, 0.4) is 0 Å². The number of alkyl halides is 3. The van der Waals surface area contributed by atoms with Crippen LogP contribution in [-0.2, 0) is 6.18 Å². The molecule has 0 aliphatic rings. The van der Waals surface area contributed by atoms with Crippen molar-refractivity contribution in [2.45, 2.75) is 6.18 Å². The van der Waals surface area contributed by atoms with E-state index in [1.807, 2.05) is 0 Å². The Morgan fingerprint density at radius 2 is 1.97 bits per heavy atom. The molecule has 0 radical (unpaired) electrons. The molecule has 154 valence electrons. The molecule has 0 bridgehead atoms. The maximum atomic E-state index is 13.0. The van der Waals surface area contributed by atoms with Gasteiger partial charge in [-0.15, -0.1) is 0 Å². The minimum absolute atomic E-state index is 0.126. The van der Waals surface area contributed by atoms with Crippen LogP contribution in [0, 0.1) is 4.77 Å². The highest BCUT2D eigenvalue weighted by Gasteiger charge is 2.30. The lowest BCUT2D eigenvalue weighted by atomic mass is 10.2. The summed E-state index contributed by atoms with van der Waals surface area (Å²) in [5.41, 5.74) is 0.0533. The molecule has 0 saturated heterocycles. The van der Waals surface area contributed by atoms with E-state index in [1.165, 1.54) is 30.6 Å². The molecule has 8 nitrogen and oxygen atoms in total. The van der Waals surface area contributed by atoms with Crippen LogP contribution in [0.5, 0.6) is 5.88 Å². The lowest BCUT2D eigenvalue weighted by molar-refractivity contribution is -0.137. The van der Waals surface area contributed by atoms with E-state index in [9.17, 15) is 27.9 Å². The number of nitrogens with one attached hydrogen (secondary N) is 2. The number of aromatic amines is 1. The Bertz CT molecular complexity index is 1240. The lowest BCUT2D eigenvalue weighted by Gasteiger charge is -2.13. The van der Waals surface area contributed by atoms with Gasteiger partial charge in [0.2, 0.25) is 5.88 Å². The molecule has 12 heteroatoms. The number of H-pyrrole nitrogens is 1. The van der Waals surface area contributed by atoms with Crippen molar-refractivity contribution in [3.05, 3.63) is 80.6 Å². The summed E-state index contributed by atoms with van der Waals surface area (Å²) in [5.74, 6) is -1.35. The largest absolute Gasteiger partial charge is 0.494 e. The zero-order valence-electron chi connectivity index (χ0n) is 14.8. The first kappa shape index (κ1) is 20.9. The first-order valence-corrected chi connectivity index (χ1v) is 8.58. The number of aromatic hydroxyl groups is 1. The molecule has 0 saturated carbocycles. The molecular formula is C18H12F3N5O3S. The monoisotopic (exact) mass is 435 g/mol. The van der Waals surface area contributed by atoms with E-state index in [0.717, 1.165) is 29.0 Å². The van der Waals surface area contributed by atoms with Crippen LogP contribution in [0.1, 0.15) is 21.5 Å². The van der Waals surface area contributed by atoms with E-state index < -0.39 is 34.6 Å². The fraction of sp³-hybridized carbons (Fsp3) is 0.0556. The van der Waals surface area contributed by atoms with Crippen molar-refractivity contribution in [2.24, 2.45) is 5.10 Å². The normalized spacial score (nSPS) is 11.6. The van der Waals surface area contributed by atoms with E-state index in [2.05, 4.69) is 20.5 Å². The molecule has 1 aromatic carbocycles. The average Bonchev–Trinajstić information content (AvgIpc) is 2.70. The molecule has 0 aliphatic heterocycles. The number of carbonyl (C=O) groups is 1. The average molecular weight is 435 g/mol. The van der Waals surface area contributed by atoms with Crippen molar-refractivity contribution < 1.29 is 23.1 Å². The highest BCUT2D eigenvalue weighted by molar-refractivity contribution is 7.71. The number of benzene rings is 1. The standard InChI is InChI=1S/C18H12F3N5O3S/c19-18(20,21)11-2-1-3-12(8-11)26-16(29)13(15(28)24-17(26)30)9-23-25-14(27)10-4-6-22-7-5-10/h1-9,29H,(H,25,27)(H,24,28,30).